The van der Waals surface area contributed by atoms with Crippen LogP contribution < -0.4 is 15.0 Å². The van der Waals surface area contributed by atoms with Gasteiger partial charge in [-0.25, -0.2) is 9.29 Å². The lowest BCUT2D eigenvalue weighted by molar-refractivity contribution is -0.120. The Labute approximate surface area is 198 Å². The Balaban J connectivity index is 1.79. The van der Waals surface area contributed by atoms with E-state index in [-0.39, 0.29) is 16.7 Å². The fraction of sp³-hybridized carbons (Fsp3) is 0.214. The third-order valence-corrected chi connectivity index (χ3v) is 5.65. The van der Waals surface area contributed by atoms with Gasteiger partial charge >= 0.3 is 0 Å². The number of nitrogens with zero attached hydrogens (tertiary/aromatic N) is 1. The number of anilines is 2. The molecule has 0 saturated heterocycles. The number of nitrogens with one attached hydrogen (secondary N) is 1. The molecule has 1 aliphatic heterocycles. The minimum atomic E-state index is -0.487. The number of imide groups is 1. The Bertz CT molecular complexity index is 1260. The van der Waals surface area contributed by atoms with Gasteiger partial charge in [-0.3, -0.25) is 9.59 Å². The molecule has 1 aliphatic rings. The van der Waals surface area contributed by atoms with E-state index in [2.05, 4.69) is 26.1 Å². The molecule has 0 bridgehead atoms. The van der Waals surface area contributed by atoms with Gasteiger partial charge in [0, 0.05) is 0 Å². The van der Waals surface area contributed by atoms with Gasteiger partial charge in [0.2, 0.25) is 0 Å². The molecular formula is C28H27FN2O3. The smallest absolute Gasteiger partial charge is 0.282 e. The Hall–Kier alpha value is -3.93. The Morgan fingerprint density at radius 3 is 2.15 bits per heavy atom. The molecule has 174 valence electrons. The molecule has 0 spiro atoms. The van der Waals surface area contributed by atoms with Crippen molar-refractivity contribution in [3.63, 3.8) is 0 Å². The zero-order valence-electron chi connectivity index (χ0n) is 19.7. The second kappa shape index (κ2) is 9.14. The molecule has 3 aromatic carbocycles. The Morgan fingerprint density at radius 2 is 1.53 bits per heavy atom. The lowest BCUT2D eigenvalue weighted by Crippen LogP contribution is -2.32. The molecule has 6 heteroatoms. The zero-order valence-corrected chi connectivity index (χ0v) is 19.7. The van der Waals surface area contributed by atoms with E-state index >= 15 is 0 Å². The molecule has 2 amide bonds. The molecule has 0 aromatic heterocycles. The van der Waals surface area contributed by atoms with Gasteiger partial charge in [-0.15, -0.1) is 0 Å². The first-order chi connectivity index (χ1) is 16.2. The average molecular weight is 459 g/mol. The van der Waals surface area contributed by atoms with Crippen LogP contribution in [0.1, 0.15) is 38.8 Å². The monoisotopic (exact) mass is 458 g/mol. The largest absolute Gasteiger partial charge is 0.492 e. The van der Waals surface area contributed by atoms with Crippen LogP contribution >= 0.6 is 0 Å². The second-order valence-corrected chi connectivity index (χ2v) is 9.05. The highest BCUT2D eigenvalue weighted by molar-refractivity contribution is 6.46. The third kappa shape index (κ3) is 4.44. The van der Waals surface area contributed by atoms with E-state index in [1.54, 1.807) is 24.3 Å². The summed E-state index contributed by atoms with van der Waals surface area (Å²) in [5, 5.41) is 3.12. The standard InChI is InChI=1S/C28H27FN2O3/c1-5-34-23-9-7-6-8-22(23)30-25-24(18-10-14-20(29)15-11-18)26(32)31(27(25)33)21-16-12-19(13-17-21)28(2,3)4/h6-17,30H,5H2,1-4H3. The van der Waals surface area contributed by atoms with E-state index in [4.69, 9.17) is 4.74 Å². The van der Waals surface area contributed by atoms with Crippen molar-refractivity contribution in [2.75, 3.05) is 16.8 Å². The van der Waals surface area contributed by atoms with Crippen molar-refractivity contribution < 1.29 is 18.7 Å². The molecule has 1 heterocycles. The number of benzene rings is 3. The van der Waals surface area contributed by atoms with E-state index in [0.717, 1.165) is 10.5 Å². The number of amides is 2. The minimum Gasteiger partial charge on any atom is -0.492 e. The van der Waals surface area contributed by atoms with Crippen LogP contribution in [0.3, 0.4) is 0 Å². The predicted octanol–water partition coefficient (Wildman–Crippen LogP) is 5.92. The molecule has 0 aliphatic carbocycles. The minimum absolute atomic E-state index is 0.0647. The van der Waals surface area contributed by atoms with Gasteiger partial charge in [0.15, 0.2) is 0 Å². The Morgan fingerprint density at radius 1 is 0.882 bits per heavy atom. The van der Waals surface area contributed by atoms with Crippen LogP contribution in [0.4, 0.5) is 15.8 Å². The zero-order chi connectivity index (χ0) is 24.5. The lowest BCUT2D eigenvalue weighted by Gasteiger charge is -2.21. The van der Waals surface area contributed by atoms with Crippen molar-refractivity contribution in [2.24, 2.45) is 0 Å². The molecule has 4 rings (SSSR count). The van der Waals surface area contributed by atoms with Crippen molar-refractivity contribution >= 4 is 28.8 Å². The summed E-state index contributed by atoms with van der Waals surface area (Å²) < 4.78 is 19.3. The van der Waals surface area contributed by atoms with Crippen LogP contribution in [-0.2, 0) is 15.0 Å². The summed E-state index contributed by atoms with van der Waals surface area (Å²) >= 11 is 0. The molecule has 0 radical (unpaired) electrons. The SMILES string of the molecule is CCOc1ccccc1NC1=C(c2ccc(F)cc2)C(=O)N(c2ccc(C(C)(C)C)cc2)C1=O. The molecule has 1 N–H and O–H groups in total. The van der Waals surface area contributed by atoms with Crippen LogP contribution in [0.5, 0.6) is 5.75 Å². The van der Waals surface area contributed by atoms with Crippen LogP contribution in [0.2, 0.25) is 0 Å². The maximum Gasteiger partial charge on any atom is 0.282 e. The summed E-state index contributed by atoms with van der Waals surface area (Å²) in [6, 6.07) is 20.1. The lowest BCUT2D eigenvalue weighted by atomic mass is 9.87. The van der Waals surface area contributed by atoms with E-state index in [1.807, 2.05) is 31.2 Å². The summed E-state index contributed by atoms with van der Waals surface area (Å²) in [5.41, 5.74) is 2.79. The van der Waals surface area contributed by atoms with Crippen molar-refractivity contribution in [1.82, 2.24) is 0 Å². The van der Waals surface area contributed by atoms with E-state index in [9.17, 15) is 14.0 Å². The van der Waals surface area contributed by atoms with Crippen molar-refractivity contribution in [3.8, 4) is 5.75 Å². The first-order valence-corrected chi connectivity index (χ1v) is 11.2. The second-order valence-electron chi connectivity index (χ2n) is 9.05. The molecule has 0 fully saturated rings. The fourth-order valence-electron chi connectivity index (χ4n) is 3.86. The molecular weight excluding hydrogens is 431 g/mol. The molecule has 34 heavy (non-hydrogen) atoms. The number of carbonyl (C=O) groups is 2. The van der Waals surface area contributed by atoms with Crippen LogP contribution in [0, 0.1) is 5.82 Å². The van der Waals surface area contributed by atoms with Gasteiger partial charge in [0.1, 0.15) is 17.3 Å². The highest BCUT2D eigenvalue weighted by Crippen LogP contribution is 2.36. The van der Waals surface area contributed by atoms with Crippen molar-refractivity contribution in [3.05, 3.63) is 95.4 Å². The van der Waals surface area contributed by atoms with Gasteiger partial charge in [0.05, 0.1) is 23.6 Å². The maximum absolute atomic E-state index is 13.6. The number of hydrogen-bond donors (Lipinski definition) is 1. The molecule has 0 saturated carbocycles. The quantitative estimate of drug-likeness (QED) is 0.466. The molecule has 0 unspecified atom stereocenters. The van der Waals surface area contributed by atoms with Gasteiger partial charge in [-0.05, 0) is 59.9 Å². The van der Waals surface area contributed by atoms with Gasteiger partial charge in [0.25, 0.3) is 11.8 Å². The van der Waals surface area contributed by atoms with Gasteiger partial charge in [-0.2, -0.15) is 0 Å². The normalized spacial score (nSPS) is 14.1. The Kier molecular flexibility index (Phi) is 6.24. The van der Waals surface area contributed by atoms with Crippen LogP contribution in [-0.4, -0.2) is 18.4 Å². The summed E-state index contributed by atoms with van der Waals surface area (Å²) in [6.45, 7) is 8.61. The molecule has 5 nitrogen and oxygen atoms in total. The van der Waals surface area contributed by atoms with Crippen LogP contribution in [0.15, 0.2) is 78.5 Å². The highest BCUT2D eigenvalue weighted by atomic mass is 19.1. The van der Waals surface area contributed by atoms with Gasteiger partial charge in [-0.1, -0.05) is 57.2 Å². The van der Waals surface area contributed by atoms with Crippen molar-refractivity contribution in [1.29, 1.82) is 0 Å². The maximum atomic E-state index is 13.6. The number of halogens is 1. The van der Waals surface area contributed by atoms with Gasteiger partial charge < -0.3 is 10.1 Å². The third-order valence-electron chi connectivity index (χ3n) is 5.65. The first-order valence-electron chi connectivity index (χ1n) is 11.2. The molecule has 3 aromatic rings. The van der Waals surface area contributed by atoms with E-state index < -0.39 is 17.6 Å². The number of carbonyl (C=O) groups excluding carboxylic acids is 2. The van der Waals surface area contributed by atoms with E-state index in [1.165, 1.54) is 24.3 Å². The fourth-order valence-corrected chi connectivity index (χ4v) is 3.86. The van der Waals surface area contributed by atoms with Crippen molar-refractivity contribution in [2.45, 2.75) is 33.1 Å². The average Bonchev–Trinajstić information content (AvgIpc) is 3.05. The summed E-state index contributed by atoms with van der Waals surface area (Å²) in [6.07, 6.45) is 0. The number of rotatable bonds is 6. The summed E-state index contributed by atoms with van der Waals surface area (Å²) in [5.74, 6) is -0.827. The number of hydrogen-bond acceptors (Lipinski definition) is 4. The molecule has 0 atom stereocenters. The predicted molar refractivity (Wildman–Crippen MR) is 132 cm³/mol. The summed E-state index contributed by atoms with van der Waals surface area (Å²) in [7, 11) is 0. The number of ether oxygens (including phenoxy) is 1. The number of para-hydroxylation sites is 2. The van der Waals surface area contributed by atoms with Crippen LogP contribution in [0.25, 0.3) is 5.57 Å². The first kappa shape index (κ1) is 23.2. The topological polar surface area (TPSA) is 58.6 Å². The summed E-state index contributed by atoms with van der Waals surface area (Å²) in [4.78, 5) is 28.3. The highest BCUT2D eigenvalue weighted by Gasteiger charge is 2.40. The van der Waals surface area contributed by atoms with E-state index in [0.29, 0.717) is 29.3 Å².